The van der Waals surface area contributed by atoms with Crippen molar-refractivity contribution in [2.45, 2.75) is 44.4 Å². The Balaban J connectivity index is 1.46. The first kappa shape index (κ1) is 27.4. The van der Waals surface area contributed by atoms with E-state index < -0.39 is 29.6 Å². The van der Waals surface area contributed by atoms with Crippen LogP contribution >= 0.6 is 0 Å². The maximum Gasteiger partial charge on any atom is 0.419 e. The quantitative estimate of drug-likeness (QED) is 0.238. The first-order chi connectivity index (χ1) is 17.5. The second kappa shape index (κ2) is 11.0. The van der Waals surface area contributed by atoms with E-state index in [-0.39, 0.29) is 23.9 Å². The Labute approximate surface area is 214 Å². The van der Waals surface area contributed by atoms with Crippen LogP contribution in [0.4, 0.5) is 17.6 Å². The van der Waals surface area contributed by atoms with Crippen molar-refractivity contribution in [3.63, 3.8) is 0 Å². The number of piperazine rings is 1. The van der Waals surface area contributed by atoms with Crippen molar-refractivity contribution in [2.75, 3.05) is 46.3 Å². The Kier molecular flexibility index (Phi) is 8.13. The van der Waals surface area contributed by atoms with Gasteiger partial charge in [0.25, 0.3) is 0 Å². The number of hydrogen-bond acceptors (Lipinski definition) is 5. The Hall–Kier alpha value is -2.66. The van der Waals surface area contributed by atoms with Gasteiger partial charge in [-0.2, -0.15) is 13.2 Å². The Morgan fingerprint density at radius 1 is 1.19 bits per heavy atom. The number of alkyl halides is 3. The van der Waals surface area contributed by atoms with Crippen LogP contribution in [0.1, 0.15) is 43.2 Å². The van der Waals surface area contributed by atoms with E-state index in [1.54, 1.807) is 11.9 Å². The monoisotopic (exact) mass is 525 g/mol. The number of aliphatic hydroxyl groups excluding tert-OH is 1. The highest BCUT2D eigenvalue weighted by Gasteiger charge is 2.37. The highest BCUT2D eigenvalue weighted by molar-refractivity contribution is 5.98. The number of halogens is 4. The fourth-order valence-electron chi connectivity index (χ4n) is 5.30. The lowest BCUT2D eigenvalue weighted by molar-refractivity contribution is -0.140. The molecule has 2 fully saturated rings. The van der Waals surface area contributed by atoms with Crippen molar-refractivity contribution in [1.82, 2.24) is 20.4 Å². The lowest BCUT2D eigenvalue weighted by atomic mass is 9.95. The van der Waals surface area contributed by atoms with Crippen LogP contribution in [0.25, 0.3) is 0 Å². The number of amidine groups is 1. The van der Waals surface area contributed by atoms with E-state index in [1.807, 2.05) is 11.8 Å². The predicted octanol–water partition coefficient (Wildman–Crippen LogP) is 2.92. The van der Waals surface area contributed by atoms with Crippen LogP contribution in [0, 0.1) is 23.1 Å². The van der Waals surface area contributed by atoms with E-state index in [0.717, 1.165) is 24.5 Å². The highest BCUT2D eigenvalue weighted by Crippen LogP contribution is 2.34. The second-order valence-corrected chi connectivity index (χ2v) is 10.3. The van der Waals surface area contributed by atoms with Crippen LogP contribution in [-0.2, 0) is 11.0 Å². The van der Waals surface area contributed by atoms with E-state index in [2.05, 4.69) is 10.6 Å². The molecule has 1 aromatic rings. The number of carbonyl (C=O) groups is 1. The van der Waals surface area contributed by atoms with Crippen LogP contribution < -0.4 is 10.6 Å². The molecule has 7 nitrogen and oxygen atoms in total. The molecule has 1 heterocycles. The van der Waals surface area contributed by atoms with Crippen molar-refractivity contribution in [2.24, 2.45) is 11.8 Å². The number of nitrogens with zero attached hydrogens (tertiary/aromatic N) is 2. The minimum Gasteiger partial charge on any atom is -0.389 e. The molecule has 0 spiro atoms. The Bertz CT molecular complexity index is 1050. The first-order valence-corrected chi connectivity index (χ1v) is 12.8. The van der Waals surface area contributed by atoms with Gasteiger partial charge in [-0.1, -0.05) is 13.0 Å². The first-order valence-electron chi connectivity index (χ1n) is 12.8. The molecule has 0 aromatic heterocycles. The lowest BCUT2D eigenvalue weighted by Crippen LogP contribution is -2.52. The molecule has 1 aliphatic heterocycles. The number of hydrogen-bond donors (Lipinski definition) is 4. The van der Waals surface area contributed by atoms with E-state index in [1.165, 1.54) is 6.07 Å². The number of amides is 1. The molecule has 204 valence electrons. The number of nitrogens with one attached hydrogen (secondary N) is 3. The average Bonchev–Trinajstić information content (AvgIpc) is 3.62. The fraction of sp³-hybridized carbons (Fsp3) is 0.615. The summed E-state index contributed by atoms with van der Waals surface area (Å²) in [5.41, 5.74) is 0.299. The predicted molar refractivity (Wildman–Crippen MR) is 131 cm³/mol. The molecule has 1 aromatic carbocycles. The van der Waals surface area contributed by atoms with Crippen LogP contribution in [0.5, 0.6) is 0 Å². The zero-order valence-corrected chi connectivity index (χ0v) is 21.2. The zero-order valence-electron chi connectivity index (χ0n) is 21.2. The SMILES string of the molecule is CNC1=C(C(=N)N2CCN(C(=O)[C@H](CNCC3CC3)c3ccc(C(F)(F)F)c(F)c3)CC2)[C@H](C)C[C@@H]1O. The summed E-state index contributed by atoms with van der Waals surface area (Å²) in [7, 11) is 1.72. The van der Waals surface area contributed by atoms with Gasteiger partial charge >= 0.3 is 6.18 Å². The van der Waals surface area contributed by atoms with Crippen molar-refractivity contribution in [3.05, 3.63) is 46.4 Å². The summed E-state index contributed by atoms with van der Waals surface area (Å²) in [5, 5.41) is 25.3. The molecule has 4 N–H and O–H groups in total. The third-order valence-corrected chi connectivity index (χ3v) is 7.60. The minimum atomic E-state index is -4.80. The largest absolute Gasteiger partial charge is 0.419 e. The van der Waals surface area contributed by atoms with Gasteiger partial charge in [0.15, 0.2) is 0 Å². The van der Waals surface area contributed by atoms with Crippen LogP contribution in [-0.4, -0.2) is 79.1 Å². The normalized spacial score (nSPS) is 23.4. The summed E-state index contributed by atoms with van der Waals surface area (Å²) in [6.45, 7) is 4.40. The summed E-state index contributed by atoms with van der Waals surface area (Å²) in [4.78, 5) is 17.0. The van der Waals surface area contributed by atoms with Crippen molar-refractivity contribution < 1.29 is 27.5 Å². The second-order valence-electron chi connectivity index (χ2n) is 10.3. The van der Waals surface area contributed by atoms with Crippen molar-refractivity contribution in [3.8, 4) is 0 Å². The third kappa shape index (κ3) is 6.09. The van der Waals surface area contributed by atoms with Crippen LogP contribution in [0.15, 0.2) is 29.5 Å². The summed E-state index contributed by atoms with van der Waals surface area (Å²) >= 11 is 0. The summed E-state index contributed by atoms with van der Waals surface area (Å²) in [5.74, 6) is -1.57. The molecule has 3 aliphatic rings. The number of carbonyl (C=O) groups excluding carboxylic acids is 1. The van der Waals surface area contributed by atoms with E-state index in [9.17, 15) is 27.5 Å². The maximum absolute atomic E-state index is 14.4. The maximum atomic E-state index is 14.4. The Morgan fingerprint density at radius 2 is 1.84 bits per heavy atom. The van der Waals surface area contributed by atoms with Crippen molar-refractivity contribution >= 4 is 11.7 Å². The van der Waals surface area contributed by atoms with E-state index in [0.29, 0.717) is 62.7 Å². The van der Waals surface area contributed by atoms with Gasteiger partial charge in [0.2, 0.25) is 5.91 Å². The molecule has 1 amide bonds. The van der Waals surface area contributed by atoms with E-state index >= 15 is 0 Å². The molecule has 1 saturated heterocycles. The standard InChI is InChI=1S/C26H35F4N5O2/c1-15-11-21(36)23(32-2)22(15)24(31)34-7-9-35(10-8-34)25(37)18(14-33-13-16-3-4-16)17-5-6-19(20(27)12-17)26(28,29)30/h5-6,12,15-16,18,21,31-33,36H,3-4,7-11,13-14H2,1-2H3/t15-,18-,21+/m1/s1. The molecule has 0 unspecified atom stereocenters. The van der Waals surface area contributed by atoms with Crippen LogP contribution in [0.3, 0.4) is 0 Å². The summed E-state index contributed by atoms with van der Waals surface area (Å²) < 4.78 is 53.6. The molecule has 0 radical (unpaired) electrons. The van der Waals surface area contributed by atoms with Gasteiger partial charge in [0, 0.05) is 51.0 Å². The van der Waals surface area contributed by atoms with Gasteiger partial charge in [-0.05, 0) is 55.3 Å². The topological polar surface area (TPSA) is 91.7 Å². The minimum absolute atomic E-state index is 0.0288. The van der Waals surface area contributed by atoms with Gasteiger partial charge in [-0.15, -0.1) is 0 Å². The van der Waals surface area contributed by atoms with Crippen molar-refractivity contribution in [1.29, 1.82) is 5.41 Å². The van der Waals surface area contributed by atoms with E-state index in [4.69, 9.17) is 5.41 Å². The lowest BCUT2D eigenvalue weighted by Gasteiger charge is -2.38. The van der Waals surface area contributed by atoms with Crippen LogP contribution in [0.2, 0.25) is 0 Å². The zero-order chi connectivity index (χ0) is 26.9. The molecule has 2 aliphatic carbocycles. The molecular formula is C26H35F4N5O2. The molecule has 4 rings (SSSR count). The molecule has 0 bridgehead atoms. The fourth-order valence-corrected chi connectivity index (χ4v) is 5.30. The summed E-state index contributed by atoms with van der Waals surface area (Å²) in [6, 6.07) is 2.72. The van der Waals surface area contributed by atoms with Gasteiger partial charge in [0.05, 0.1) is 17.6 Å². The molecule has 3 atom stereocenters. The number of benzene rings is 1. The third-order valence-electron chi connectivity index (χ3n) is 7.60. The highest BCUT2D eigenvalue weighted by atomic mass is 19.4. The van der Waals surface area contributed by atoms with Gasteiger partial charge in [-0.3, -0.25) is 10.2 Å². The van der Waals surface area contributed by atoms with Gasteiger partial charge in [-0.25, -0.2) is 4.39 Å². The molecule has 1 saturated carbocycles. The number of rotatable bonds is 8. The van der Waals surface area contributed by atoms with Gasteiger partial charge < -0.3 is 25.5 Å². The summed E-state index contributed by atoms with van der Waals surface area (Å²) in [6.07, 6.45) is -2.68. The molecule has 11 heteroatoms. The molecule has 37 heavy (non-hydrogen) atoms. The number of likely N-dealkylation sites (N-methyl/N-ethyl adjacent to an activating group) is 1. The smallest absolute Gasteiger partial charge is 0.389 e. The Morgan fingerprint density at radius 3 is 2.41 bits per heavy atom. The molecular weight excluding hydrogens is 490 g/mol. The number of aliphatic hydroxyl groups is 1. The average molecular weight is 526 g/mol. The van der Waals surface area contributed by atoms with Gasteiger partial charge in [0.1, 0.15) is 11.7 Å².